The van der Waals surface area contributed by atoms with Crippen molar-refractivity contribution < 1.29 is 9.90 Å². The van der Waals surface area contributed by atoms with Gasteiger partial charge in [-0.3, -0.25) is 4.79 Å². The van der Waals surface area contributed by atoms with Crippen molar-refractivity contribution in [1.29, 1.82) is 0 Å². The highest BCUT2D eigenvalue weighted by Gasteiger charge is 2.36. The number of hydrogen-bond acceptors (Lipinski definition) is 2. The van der Waals surface area contributed by atoms with Crippen LogP contribution >= 0.6 is 11.8 Å². The fourth-order valence-corrected chi connectivity index (χ4v) is 3.32. The molecule has 0 amide bonds. The van der Waals surface area contributed by atoms with E-state index in [1.54, 1.807) is 11.8 Å². The van der Waals surface area contributed by atoms with Gasteiger partial charge >= 0.3 is 5.97 Å². The molecule has 1 aliphatic heterocycles. The van der Waals surface area contributed by atoms with E-state index in [2.05, 4.69) is 12.2 Å². The summed E-state index contributed by atoms with van der Waals surface area (Å²) in [6, 6.07) is 0. The van der Waals surface area contributed by atoms with E-state index >= 15 is 0 Å². The second-order valence-electron chi connectivity index (χ2n) is 3.44. The van der Waals surface area contributed by atoms with Crippen LogP contribution in [-0.4, -0.2) is 16.8 Å². The summed E-state index contributed by atoms with van der Waals surface area (Å²) < 4.78 is 0. The van der Waals surface area contributed by atoms with Crippen LogP contribution in [0.2, 0.25) is 0 Å². The smallest absolute Gasteiger partial charge is 0.307 e. The van der Waals surface area contributed by atoms with Gasteiger partial charge in [0.05, 0.1) is 5.92 Å². The third kappa shape index (κ3) is 1.66. The quantitative estimate of drug-likeness (QED) is 0.699. The van der Waals surface area contributed by atoms with Gasteiger partial charge in [0, 0.05) is 11.7 Å². The average Bonchev–Trinajstić information content (AvgIpc) is 2.36. The van der Waals surface area contributed by atoms with Crippen LogP contribution in [0.4, 0.5) is 0 Å². The Labute approximate surface area is 81.7 Å². The topological polar surface area (TPSA) is 37.3 Å². The SMILES string of the molecule is O=C(O)C1CSC2=CC=CCCC21. The zero-order valence-corrected chi connectivity index (χ0v) is 8.09. The summed E-state index contributed by atoms with van der Waals surface area (Å²) in [4.78, 5) is 12.2. The number of carboxylic acid groups (broad SMARTS) is 1. The lowest BCUT2D eigenvalue weighted by Gasteiger charge is -2.13. The van der Waals surface area contributed by atoms with Crippen LogP contribution in [0.3, 0.4) is 0 Å². The van der Waals surface area contributed by atoms with Crippen LogP contribution in [0.1, 0.15) is 12.8 Å². The molecule has 1 saturated heterocycles. The van der Waals surface area contributed by atoms with Gasteiger partial charge in [0.15, 0.2) is 0 Å². The Hall–Kier alpha value is -0.700. The lowest BCUT2D eigenvalue weighted by Crippen LogP contribution is -2.20. The van der Waals surface area contributed by atoms with Crippen molar-refractivity contribution in [2.75, 3.05) is 5.75 Å². The van der Waals surface area contributed by atoms with Crippen LogP contribution in [0.5, 0.6) is 0 Å². The van der Waals surface area contributed by atoms with E-state index in [9.17, 15) is 4.79 Å². The number of thioether (sulfide) groups is 1. The molecule has 2 unspecified atom stereocenters. The molecule has 1 N–H and O–H groups in total. The Morgan fingerprint density at radius 3 is 3.23 bits per heavy atom. The van der Waals surface area contributed by atoms with Crippen LogP contribution in [-0.2, 0) is 4.79 Å². The van der Waals surface area contributed by atoms with E-state index in [4.69, 9.17) is 5.11 Å². The molecular weight excluding hydrogens is 184 g/mol. The van der Waals surface area contributed by atoms with Crippen molar-refractivity contribution in [3.8, 4) is 0 Å². The van der Waals surface area contributed by atoms with E-state index < -0.39 is 5.97 Å². The molecule has 3 heteroatoms. The van der Waals surface area contributed by atoms with Gasteiger partial charge in [-0.2, -0.15) is 0 Å². The van der Waals surface area contributed by atoms with Gasteiger partial charge < -0.3 is 5.11 Å². The number of fused-ring (bicyclic) bond motifs is 1. The van der Waals surface area contributed by atoms with Crippen molar-refractivity contribution in [1.82, 2.24) is 0 Å². The number of carboxylic acids is 1. The summed E-state index contributed by atoms with van der Waals surface area (Å²) in [5, 5.41) is 8.98. The third-order valence-electron chi connectivity index (χ3n) is 2.64. The molecule has 2 rings (SSSR count). The summed E-state index contributed by atoms with van der Waals surface area (Å²) in [5.41, 5.74) is 0. The largest absolute Gasteiger partial charge is 0.481 e. The number of hydrogen-bond donors (Lipinski definition) is 1. The minimum atomic E-state index is -0.636. The average molecular weight is 196 g/mol. The molecule has 1 fully saturated rings. The molecule has 0 aromatic carbocycles. The maximum Gasteiger partial charge on any atom is 0.307 e. The van der Waals surface area contributed by atoms with Crippen LogP contribution in [0.15, 0.2) is 23.1 Å². The molecule has 70 valence electrons. The van der Waals surface area contributed by atoms with Crippen molar-refractivity contribution in [2.24, 2.45) is 11.8 Å². The third-order valence-corrected chi connectivity index (χ3v) is 3.94. The molecule has 2 aliphatic rings. The number of carbonyl (C=O) groups is 1. The fourth-order valence-electron chi connectivity index (χ4n) is 1.90. The molecule has 0 aromatic heterocycles. The van der Waals surface area contributed by atoms with Crippen LogP contribution in [0, 0.1) is 11.8 Å². The molecule has 0 radical (unpaired) electrons. The molecule has 0 bridgehead atoms. The fraction of sp³-hybridized carbons (Fsp3) is 0.500. The highest BCUT2D eigenvalue weighted by Crippen LogP contribution is 2.44. The Bertz CT molecular complexity index is 281. The predicted octanol–water partition coefficient (Wildman–Crippen LogP) is 2.28. The second kappa shape index (κ2) is 3.58. The first-order chi connectivity index (χ1) is 6.29. The molecule has 0 saturated carbocycles. The first-order valence-electron chi connectivity index (χ1n) is 4.51. The number of allylic oxidation sites excluding steroid dienone is 4. The van der Waals surface area contributed by atoms with Crippen molar-refractivity contribution in [3.05, 3.63) is 23.1 Å². The van der Waals surface area contributed by atoms with E-state index in [1.807, 2.05) is 6.08 Å². The zero-order valence-electron chi connectivity index (χ0n) is 7.27. The predicted molar refractivity (Wildman–Crippen MR) is 53.5 cm³/mol. The molecule has 1 aliphatic carbocycles. The lowest BCUT2D eigenvalue weighted by molar-refractivity contribution is -0.142. The van der Waals surface area contributed by atoms with E-state index in [0.717, 1.165) is 18.6 Å². The first-order valence-corrected chi connectivity index (χ1v) is 5.50. The highest BCUT2D eigenvalue weighted by atomic mass is 32.2. The first kappa shape index (κ1) is 8.88. The van der Waals surface area contributed by atoms with Gasteiger partial charge in [-0.15, -0.1) is 11.8 Å². The number of aliphatic carboxylic acids is 1. The van der Waals surface area contributed by atoms with Gasteiger partial charge in [-0.1, -0.05) is 18.2 Å². The van der Waals surface area contributed by atoms with Gasteiger partial charge in [-0.05, 0) is 17.7 Å². The summed E-state index contributed by atoms with van der Waals surface area (Å²) >= 11 is 1.71. The van der Waals surface area contributed by atoms with Gasteiger partial charge in [0.25, 0.3) is 0 Å². The second-order valence-corrected chi connectivity index (χ2v) is 4.53. The maximum absolute atomic E-state index is 10.9. The van der Waals surface area contributed by atoms with Gasteiger partial charge in [0.1, 0.15) is 0 Å². The summed E-state index contributed by atoms with van der Waals surface area (Å²) in [6.45, 7) is 0. The Balaban J connectivity index is 2.19. The van der Waals surface area contributed by atoms with Crippen molar-refractivity contribution in [3.63, 3.8) is 0 Å². The molecular formula is C10H12O2S. The Morgan fingerprint density at radius 2 is 2.46 bits per heavy atom. The Morgan fingerprint density at radius 1 is 1.62 bits per heavy atom. The molecule has 2 atom stereocenters. The Kier molecular flexibility index (Phi) is 2.44. The minimum Gasteiger partial charge on any atom is -0.481 e. The van der Waals surface area contributed by atoms with Crippen molar-refractivity contribution in [2.45, 2.75) is 12.8 Å². The molecule has 1 heterocycles. The van der Waals surface area contributed by atoms with E-state index in [1.165, 1.54) is 4.91 Å². The monoisotopic (exact) mass is 196 g/mol. The van der Waals surface area contributed by atoms with E-state index in [-0.39, 0.29) is 11.8 Å². The number of rotatable bonds is 1. The zero-order chi connectivity index (χ0) is 9.26. The molecule has 0 spiro atoms. The van der Waals surface area contributed by atoms with E-state index in [0.29, 0.717) is 0 Å². The molecule has 0 aromatic rings. The standard InChI is InChI=1S/C10H12O2S/c11-10(12)8-6-13-9-5-3-1-2-4-7(8)9/h1,3,5,7-8H,2,4,6H2,(H,11,12). The van der Waals surface area contributed by atoms with Crippen LogP contribution in [0.25, 0.3) is 0 Å². The highest BCUT2D eigenvalue weighted by molar-refractivity contribution is 8.03. The normalized spacial score (nSPS) is 32.2. The lowest BCUT2D eigenvalue weighted by atomic mass is 9.90. The summed E-state index contributed by atoms with van der Waals surface area (Å²) in [6.07, 6.45) is 8.24. The summed E-state index contributed by atoms with van der Waals surface area (Å²) in [5.74, 6) is 0.233. The molecule has 13 heavy (non-hydrogen) atoms. The minimum absolute atomic E-state index is 0.156. The maximum atomic E-state index is 10.9. The molecule has 2 nitrogen and oxygen atoms in total. The van der Waals surface area contributed by atoms with Crippen molar-refractivity contribution >= 4 is 17.7 Å². The van der Waals surface area contributed by atoms with Crippen LogP contribution < -0.4 is 0 Å². The van der Waals surface area contributed by atoms with Gasteiger partial charge in [-0.25, -0.2) is 0 Å². The summed E-state index contributed by atoms with van der Waals surface area (Å²) in [7, 11) is 0. The van der Waals surface area contributed by atoms with Gasteiger partial charge in [0.2, 0.25) is 0 Å².